The predicted molar refractivity (Wildman–Crippen MR) is 210 cm³/mol. The van der Waals surface area contributed by atoms with E-state index in [0.29, 0.717) is 0 Å². The highest BCUT2D eigenvalue weighted by atomic mass is 15.0. The molecule has 0 amide bonds. The molecule has 8 aromatic carbocycles. The lowest BCUT2D eigenvalue weighted by atomic mass is 10.0. The maximum absolute atomic E-state index is 2.49. The van der Waals surface area contributed by atoms with Gasteiger partial charge in [0.25, 0.3) is 0 Å². The minimum absolute atomic E-state index is 1.14. The van der Waals surface area contributed by atoms with E-state index in [1.807, 2.05) is 0 Å². The molecule has 50 heavy (non-hydrogen) atoms. The maximum Gasteiger partial charge on any atom is 0.0541 e. The Bertz CT molecular complexity index is 2860. The van der Waals surface area contributed by atoms with Gasteiger partial charge in [0.15, 0.2) is 0 Å². The zero-order valence-electron chi connectivity index (χ0n) is 27.6. The van der Waals surface area contributed by atoms with E-state index >= 15 is 0 Å². The lowest BCUT2D eigenvalue weighted by Gasteiger charge is -2.14. The summed E-state index contributed by atoms with van der Waals surface area (Å²) in [6.45, 7) is 0. The molecule has 2 heterocycles. The minimum Gasteiger partial charge on any atom is -0.309 e. The van der Waals surface area contributed by atoms with E-state index in [-0.39, 0.29) is 0 Å². The van der Waals surface area contributed by atoms with Crippen LogP contribution in [0.2, 0.25) is 0 Å². The second-order valence-corrected chi connectivity index (χ2v) is 14.3. The minimum atomic E-state index is 1.14. The van der Waals surface area contributed by atoms with Gasteiger partial charge in [-0.05, 0) is 118 Å². The quantitative estimate of drug-likeness (QED) is 0.183. The van der Waals surface area contributed by atoms with Crippen LogP contribution in [0.5, 0.6) is 0 Å². The molecular formula is C48H32N2. The van der Waals surface area contributed by atoms with Crippen LogP contribution in [0.1, 0.15) is 22.3 Å². The highest BCUT2D eigenvalue weighted by molar-refractivity contribution is 6.14. The average molecular weight is 637 g/mol. The van der Waals surface area contributed by atoms with Crippen molar-refractivity contribution in [1.82, 2.24) is 9.13 Å². The van der Waals surface area contributed by atoms with E-state index in [0.717, 1.165) is 25.7 Å². The predicted octanol–water partition coefficient (Wildman–Crippen LogP) is 12.1. The maximum atomic E-state index is 2.49. The molecule has 2 nitrogen and oxygen atoms in total. The Kier molecular flexibility index (Phi) is 5.22. The third-order valence-corrected chi connectivity index (χ3v) is 11.9. The Balaban J connectivity index is 1.07. The normalized spacial score (nSPS) is 13.7. The zero-order valence-corrected chi connectivity index (χ0v) is 27.6. The van der Waals surface area contributed by atoms with Crippen LogP contribution in [0.15, 0.2) is 146 Å². The first kappa shape index (κ1) is 26.8. The van der Waals surface area contributed by atoms with E-state index in [9.17, 15) is 0 Å². The first-order valence-electron chi connectivity index (χ1n) is 17.9. The fourth-order valence-electron chi connectivity index (χ4n) is 9.68. The van der Waals surface area contributed by atoms with Gasteiger partial charge in [-0.25, -0.2) is 0 Å². The van der Waals surface area contributed by atoms with Crippen LogP contribution in [0.25, 0.3) is 87.7 Å². The van der Waals surface area contributed by atoms with Crippen molar-refractivity contribution in [2.45, 2.75) is 25.7 Å². The Morgan fingerprint density at radius 3 is 1.18 bits per heavy atom. The van der Waals surface area contributed by atoms with Gasteiger partial charge in [0, 0.05) is 32.3 Å². The summed E-state index contributed by atoms with van der Waals surface area (Å²) in [7, 11) is 0. The molecule has 234 valence electrons. The van der Waals surface area contributed by atoms with Crippen molar-refractivity contribution in [3.05, 3.63) is 168 Å². The van der Waals surface area contributed by atoms with Gasteiger partial charge in [0.2, 0.25) is 0 Å². The topological polar surface area (TPSA) is 9.86 Å². The van der Waals surface area contributed by atoms with Gasteiger partial charge in [-0.3, -0.25) is 0 Å². The van der Waals surface area contributed by atoms with Gasteiger partial charge in [-0.15, -0.1) is 0 Å². The van der Waals surface area contributed by atoms with Crippen LogP contribution >= 0.6 is 0 Å². The molecule has 12 rings (SSSR count). The molecule has 2 aliphatic rings. The number of hydrogen-bond donors (Lipinski definition) is 0. The SMILES string of the molecule is c1cc2c3c(ccc(-n4c5ccccc5c5cc(-c6ccc7c(c6)c6ccccc6n7-c6ccc7c8c(cccc68)CC7)ccc54)c3c1)CC2. The van der Waals surface area contributed by atoms with Crippen LogP contribution in [0, 0.1) is 0 Å². The summed E-state index contributed by atoms with van der Waals surface area (Å²) in [6, 6.07) is 55.1. The summed E-state index contributed by atoms with van der Waals surface area (Å²) < 4.78 is 4.98. The summed E-state index contributed by atoms with van der Waals surface area (Å²) in [5.41, 5.74) is 15.9. The number of nitrogens with zero attached hydrogens (tertiary/aromatic N) is 2. The third-order valence-electron chi connectivity index (χ3n) is 11.9. The van der Waals surface area contributed by atoms with Crippen LogP contribution in [0.4, 0.5) is 0 Å². The smallest absolute Gasteiger partial charge is 0.0541 e. The fraction of sp³-hybridized carbons (Fsp3) is 0.0833. The number of para-hydroxylation sites is 2. The molecule has 2 heteroatoms. The largest absolute Gasteiger partial charge is 0.309 e. The van der Waals surface area contributed by atoms with E-state index in [1.54, 1.807) is 0 Å². The molecule has 0 saturated carbocycles. The van der Waals surface area contributed by atoms with Crippen molar-refractivity contribution in [3.8, 4) is 22.5 Å². The van der Waals surface area contributed by atoms with E-state index < -0.39 is 0 Å². The van der Waals surface area contributed by atoms with Crippen LogP contribution in [-0.4, -0.2) is 9.13 Å². The average Bonchev–Trinajstić information content (AvgIpc) is 3.95. The van der Waals surface area contributed by atoms with Gasteiger partial charge in [-0.1, -0.05) is 97.1 Å². The number of aromatic nitrogens is 2. The third kappa shape index (κ3) is 3.48. The molecule has 2 aliphatic carbocycles. The van der Waals surface area contributed by atoms with Crippen LogP contribution in [0.3, 0.4) is 0 Å². The van der Waals surface area contributed by atoms with Crippen molar-refractivity contribution in [2.24, 2.45) is 0 Å². The summed E-state index contributed by atoms with van der Waals surface area (Å²) in [6.07, 6.45) is 4.55. The van der Waals surface area contributed by atoms with Crippen molar-refractivity contribution < 1.29 is 0 Å². The second kappa shape index (κ2) is 9.74. The van der Waals surface area contributed by atoms with Crippen molar-refractivity contribution in [3.63, 3.8) is 0 Å². The number of rotatable bonds is 3. The molecule has 0 bridgehead atoms. The van der Waals surface area contributed by atoms with Gasteiger partial charge >= 0.3 is 0 Å². The number of benzene rings is 8. The Hall–Kier alpha value is -6.12. The Morgan fingerprint density at radius 2 is 0.700 bits per heavy atom. The Morgan fingerprint density at radius 1 is 0.300 bits per heavy atom. The molecule has 0 saturated heterocycles. The van der Waals surface area contributed by atoms with Gasteiger partial charge in [0.05, 0.1) is 33.4 Å². The molecule has 0 aliphatic heterocycles. The summed E-state index contributed by atoms with van der Waals surface area (Å²) in [5.74, 6) is 0. The highest BCUT2D eigenvalue weighted by Gasteiger charge is 2.22. The van der Waals surface area contributed by atoms with Gasteiger partial charge < -0.3 is 9.13 Å². The number of aryl methyl sites for hydroxylation is 4. The van der Waals surface area contributed by atoms with Crippen molar-refractivity contribution >= 4 is 65.2 Å². The van der Waals surface area contributed by atoms with Gasteiger partial charge in [0.1, 0.15) is 0 Å². The van der Waals surface area contributed by atoms with E-state index in [4.69, 9.17) is 0 Å². The molecule has 2 aromatic heterocycles. The summed E-state index contributed by atoms with van der Waals surface area (Å²) in [4.78, 5) is 0. The molecule has 0 unspecified atom stereocenters. The Labute approximate surface area is 289 Å². The van der Waals surface area contributed by atoms with Crippen molar-refractivity contribution in [1.29, 1.82) is 0 Å². The lowest BCUT2D eigenvalue weighted by Crippen LogP contribution is -1.96. The first-order chi connectivity index (χ1) is 24.8. The molecule has 0 fully saturated rings. The highest BCUT2D eigenvalue weighted by Crippen LogP contribution is 2.42. The van der Waals surface area contributed by atoms with E-state index in [1.165, 1.54) is 110 Å². The number of hydrogen-bond acceptors (Lipinski definition) is 0. The monoisotopic (exact) mass is 636 g/mol. The first-order valence-corrected chi connectivity index (χ1v) is 17.9. The fourth-order valence-corrected chi connectivity index (χ4v) is 9.68. The molecule has 10 aromatic rings. The van der Waals surface area contributed by atoms with Crippen LogP contribution < -0.4 is 0 Å². The summed E-state index contributed by atoms with van der Waals surface area (Å²) in [5, 5.41) is 10.8. The molecule has 0 N–H and O–H groups in total. The lowest BCUT2D eigenvalue weighted by molar-refractivity contribution is 1.02. The van der Waals surface area contributed by atoms with Gasteiger partial charge in [-0.2, -0.15) is 0 Å². The summed E-state index contributed by atoms with van der Waals surface area (Å²) >= 11 is 0. The number of fused-ring (bicyclic) bond motifs is 6. The van der Waals surface area contributed by atoms with Crippen LogP contribution in [-0.2, 0) is 25.7 Å². The molecule has 0 spiro atoms. The second-order valence-electron chi connectivity index (χ2n) is 14.3. The van der Waals surface area contributed by atoms with Crippen molar-refractivity contribution in [2.75, 3.05) is 0 Å². The molecular weight excluding hydrogens is 605 g/mol. The van der Waals surface area contributed by atoms with E-state index in [2.05, 4.69) is 155 Å². The standard InChI is InChI=1S/C48H32N2/c1-3-13-41-35(9-1)39-27-33(21-25-45(39)49(41)43-23-19-31-17-15-29-7-5-11-37(43)47(29)31)34-22-26-46-40(28-34)36-10-2-4-14-42(36)50(46)44-24-20-32-18-16-30-8-6-12-38(44)48(30)32/h1-14,19-28H,15-18H2. The molecule has 0 radical (unpaired) electrons. The zero-order chi connectivity index (χ0) is 32.5. The molecule has 0 atom stereocenters.